The number of benzene rings is 1. The van der Waals surface area contributed by atoms with Gasteiger partial charge in [-0.25, -0.2) is 0 Å². The first-order valence-electron chi connectivity index (χ1n) is 4.12. The summed E-state index contributed by atoms with van der Waals surface area (Å²) >= 11 is 0. The van der Waals surface area contributed by atoms with Crippen LogP contribution in [0.1, 0.15) is 5.56 Å². The highest BCUT2D eigenvalue weighted by Gasteiger charge is 2.34. The van der Waals surface area contributed by atoms with Crippen LogP contribution >= 0.6 is 0 Å². The van der Waals surface area contributed by atoms with Gasteiger partial charge in [-0.05, 0) is 12.1 Å². The Labute approximate surface area is 83.0 Å². The molecule has 77 valence electrons. The van der Waals surface area contributed by atoms with Gasteiger partial charge in [0.2, 0.25) is 0 Å². The fourth-order valence-corrected chi connectivity index (χ4v) is 1.20. The Balaban J connectivity index is 3.15. The molecular formula is C10H13O4. The molecule has 0 bridgehead atoms. The number of ether oxygens (including phenoxy) is 3. The minimum absolute atomic E-state index is 0.326. The maximum atomic E-state index is 11.9. The molecule has 0 N–H and O–H groups in total. The molecule has 1 aromatic carbocycles. The standard InChI is InChI=1S/C10H13O4/c1-12-9-7-5-4-6-8(9)10(11,13-2)14-3/h4-7H,1-3H3. The third-order valence-corrected chi connectivity index (χ3v) is 1.97. The van der Waals surface area contributed by atoms with Crippen LogP contribution < -0.4 is 4.74 Å². The van der Waals surface area contributed by atoms with Gasteiger partial charge in [0.15, 0.2) is 0 Å². The number of rotatable bonds is 4. The molecule has 0 aliphatic heterocycles. The van der Waals surface area contributed by atoms with E-state index < -0.39 is 5.97 Å². The fourth-order valence-electron chi connectivity index (χ4n) is 1.20. The summed E-state index contributed by atoms with van der Waals surface area (Å²) in [5.41, 5.74) is 0.326. The lowest BCUT2D eigenvalue weighted by atomic mass is 10.1. The van der Waals surface area contributed by atoms with Crippen molar-refractivity contribution in [3.8, 4) is 5.75 Å². The first-order chi connectivity index (χ1) is 6.68. The maximum absolute atomic E-state index is 11.9. The summed E-state index contributed by atoms with van der Waals surface area (Å²) in [7, 11) is 4.08. The highest BCUT2D eigenvalue weighted by Crippen LogP contribution is 2.31. The summed E-state index contributed by atoms with van der Waals surface area (Å²) in [6.45, 7) is 0. The number of para-hydroxylation sites is 1. The summed E-state index contributed by atoms with van der Waals surface area (Å²) in [6.07, 6.45) is 0. The molecule has 4 heteroatoms. The second-order valence-electron chi connectivity index (χ2n) is 2.66. The van der Waals surface area contributed by atoms with Crippen molar-refractivity contribution < 1.29 is 19.3 Å². The minimum Gasteiger partial charge on any atom is -0.496 e. The van der Waals surface area contributed by atoms with Crippen LogP contribution in [0.4, 0.5) is 0 Å². The molecule has 0 aromatic heterocycles. The lowest BCUT2D eigenvalue weighted by Crippen LogP contribution is -2.29. The monoisotopic (exact) mass is 197 g/mol. The molecule has 4 nitrogen and oxygen atoms in total. The zero-order valence-corrected chi connectivity index (χ0v) is 8.44. The van der Waals surface area contributed by atoms with Crippen molar-refractivity contribution in [2.45, 2.75) is 5.97 Å². The third-order valence-electron chi connectivity index (χ3n) is 1.97. The van der Waals surface area contributed by atoms with Gasteiger partial charge < -0.3 is 14.2 Å². The zero-order valence-electron chi connectivity index (χ0n) is 8.44. The molecule has 0 saturated carbocycles. The van der Waals surface area contributed by atoms with Crippen LogP contribution in [0.5, 0.6) is 5.75 Å². The van der Waals surface area contributed by atoms with E-state index >= 15 is 0 Å². The number of hydrogen-bond donors (Lipinski definition) is 0. The van der Waals surface area contributed by atoms with Gasteiger partial charge in [-0.3, -0.25) is 0 Å². The van der Waals surface area contributed by atoms with E-state index in [1.54, 1.807) is 24.3 Å². The average Bonchev–Trinajstić information content (AvgIpc) is 2.28. The Bertz CT molecular complexity index is 294. The van der Waals surface area contributed by atoms with E-state index in [2.05, 4.69) is 0 Å². The molecule has 1 radical (unpaired) electrons. The van der Waals surface area contributed by atoms with Crippen molar-refractivity contribution in [1.29, 1.82) is 0 Å². The maximum Gasteiger partial charge on any atom is 0.343 e. The predicted octanol–water partition coefficient (Wildman–Crippen LogP) is 1.53. The second-order valence-corrected chi connectivity index (χ2v) is 2.66. The molecule has 0 atom stereocenters. The molecule has 0 spiro atoms. The molecule has 0 amide bonds. The Morgan fingerprint density at radius 3 is 2.14 bits per heavy atom. The first kappa shape index (κ1) is 11.0. The molecule has 0 heterocycles. The van der Waals surface area contributed by atoms with E-state index in [9.17, 15) is 5.11 Å². The molecule has 1 aromatic rings. The normalized spacial score (nSPS) is 11.4. The Kier molecular flexibility index (Phi) is 3.46. The largest absolute Gasteiger partial charge is 0.496 e. The van der Waals surface area contributed by atoms with Crippen molar-refractivity contribution in [3.63, 3.8) is 0 Å². The first-order valence-corrected chi connectivity index (χ1v) is 4.12. The van der Waals surface area contributed by atoms with Crippen molar-refractivity contribution in [3.05, 3.63) is 29.8 Å². The van der Waals surface area contributed by atoms with E-state index in [4.69, 9.17) is 14.2 Å². The van der Waals surface area contributed by atoms with Crippen molar-refractivity contribution in [2.75, 3.05) is 21.3 Å². The van der Waals surface area contributed by atoms with E-state index in [0.717, 1.165) is 0 Å². The highest BCUT2D eigenvalue weighted by atomic mass is 16.8. The third kappa shape index (κ3) is 1.87. The van der Waals surface area contributed by atoms with Crippen LogP contribution in [0, 0.1) is 0 Å². The van der Waals surface area contributed by atoms with Gasteiger partial charge in [-0.2, -0.15) is 5.11 Å². The topological polar surface area (TPSA) is 47.6 Å². The minimum atomic E-state index is -2.01. The predicted molar refractivity (Wildman–Crippen MR) is 49.4 cm³/mol. The van der Waals surface area contributed by atoms with Gasteiger partial charge in [0.05, 0.1) is 12.7 Å². The smallest absolute Gasteiger partial charge is 0.343 e. The van der Waals surface area contributed by atoms with Gasteiger partial charge in [-0.15, -0.1) is 0 Å². The summed E-state index contributed by atoms with van der Waals surface area (Å²) in [4.78, 5) is 0. The van der Waals surface area contributed by atoms with Gasteiger partial charge in [0.1, 0.15) is 5.75 Å². The fraction of sp³-hybridized carbons (Fsp3) is 0.400. The van der Waals surface area contributed by atoms with E-state index in [1.807, 2.05) is 0 Å². The molecular weight excluding hydrogens is 184 g/mol. The zero-order chi connectivity index (χ0) is 10.6. The summed E-state index contributed by atoms with van der Waals surface area (Å²) in [5, 5.41) is 11.9. The van der Waals surface area contributed by atoms with Gasteiger partial charge in [0.25, 0.3) is 0 Å². The van der Waals surface area contributed by atoms with Crippen LogP contribution in [0.2, 0.25) is 0 Å². The lowest BCUT2D eigenvalue weighted by molar-refractivity contribution is -0.382. The molecule has 0 fully saturated rings. The molecule has 1 rings (SSSR count). The molecule has 0 unspecified atom stereocenters. The highest BCUT2D eigenvalue weighted by molar-refractivity contribution is 5.35. The summed E-state index contributed by atoms with van der Waals surface area (Å²) in [6, 6.07) is 6.79. The molecule has 0 saturated heterocycles. The Morgan fingerprint density at radius 1 is 1.07 bits per heavy atom. The van der Waals surface area contributed by atoms with Gasteiger partial charge >= 0.3 is 5.97 Å². The van der Waals surface area contributed by atoms with Crippen molar-refractivity contribution in [1.82, 2.24) is 0 Å². The number of hydrogen-bond acceptors (Lipinski definition) is 3. The number of methoxy groups -OCH3 is 3. The second kappa shape index (κ2) is 4.41. The molecule has 0 aliphatic carbocycles. The molecule has 14 heavy (non-hydrogen) atoms. The van der Waals surface area contributed by atoms with Crippen LogP contribution in [0.3, 0.4) is 0 Å². The van der Waals surface area contributed by atoms with Crippen LogP contribution in [-0.4, -0.2) is 21.3 Å². The van der Waals surface area contributed by atoms with Crippen LogP contribution in [0.25, 0.3) is 0 Å². The average molecular weight is 197 g/mol. The Morgan fingerprint density at radius 2 is 1.64 bits per heavy atom. The van der Waals surface area contributed by atoms with E-state index in [1.165, 1.54) is 21.3 Å². The summed E-state index contributed by atoms with van der Waals surface area (Å²) < 4.78 is 14.6. The summed E-state index contributed by atoms with van der Waals surface area (Å²) in [5.74, 6) is -1.56. The van der Waals surface area contributed by atoms with Gasteiger partial charge in [0, 0.05) is 14.2 Å². The molecule has 0 aliphatic rings. The van der Waals surface area contributed by atoms with E-state index in [0.29, 0.717) is 11.3 Å². The van der Waals surface area contributed by atoms with Crippen LogP contribution in [0.15, 0.2) is 24.3 Å². The Hall–Kier alpha value is -1.10. The van der Waals surface area contributed by atoms with E-state index in [-0.39, 0.29) is 0 Å². The van der Waals surface area contributed by atoms with Gasteiger partial charge in [-0.1, -0.05) is 12.1 Å². The van der Waals surface area contributed by atoms with Crippen molar-refractivity contribution >= 4 is 0 Å². The quantitative estimate of drug-likeness (QED) is 0.687. The van der Waals surface area contributed by atoms with Crippen LogP contribution in [-0.2, 0) is 20.6 Å². The van der Waals surface area contributed by atoms with Crippen molar-refractivity contribution in [2.24, 2.45) is 0 Å². The SMILES string of the molecule is COc1ccccc1C([O])(OC)OC. The lowest BCUT2D eigenvalue weighted by Gasteiger charge is -2.23.